The van der Waals surface area contributed by atoms with E-state index >= 15 is 4.39 Å². The molecule has 0 saturated heterocycles. The third kappa shape index (κ3) is 4.36. The van der Waals surface area contributed by atoms with Crippen LogP contribution in [0.3, 0.4) is 0 Å². The van der Waals surface area contributed by atoms with Crippen molar-refractivity contribution in [1.82, 2.24) is 14.5 Å². The summed E-state index contributed by atoms with van der Waals surface area (Å²) in [5.41, 5.74) is 1.99. The van der Waals surface area contributed by atoms with Crippen LogP contribution < -0.4 is 20.2 Å². The minimum atomic E-state index is -0.717. The van der Waals surface area contributed by atoms with E-state index in [9.17, 15) is 9.59 Å². The first-order chi connectivity index (χ1) is 18.3. The number of aromatic nitrogens is 3. The van der Waals surface area contributed by atoms with Crippen molar-refractivity contribution in [2.75, 3.05) is 12.4 Å². The van der Waals surface area contributed by atoms with Crippen LogP contribution in [-0.4, -0.2) is 27.6 Å². The number of benzene rings is 1. The number of halogens is 1. The molecule has 0 saturated carbocycles. The maximum absolute atomic E-state index is 15.0. The van der Waals surface area contributed by atoms with E-state index in [1.54, 1.807) is 49.7 Å². The molecule has 0 atom stereocenters. The number of fused-ring (bicyclic) bond motifs is 1. The fourth-order valence-corrected chi connectivity index (χ4v) is 4.17. The molecule has 0 radical (unpaired) electrons. The van der Waals surface area contributed by atoms with Crippen LogP contribution in [0.4, 0.5) is 10.1 Å². The van der Waals surface area contributed by atoms with Crippen LogP contribution in [0.5, 0.6) is 17.2 Å². The van der Waals surface area contributed by atoms with E-state index in [1.807, 2.05) is 0 Å². The lowest BCUT2D eigenvalue weighted by atomic mass is 10.0. The molecule has 0 fully saturated rings. The second-order valence-corrected chi connectivity index (χ2v) is 8.54. The second kappa shape index (κ2) is 9.81. The number of furan rings is 1. The van der Waals surface area contributed by atoms with E-state index in [-0.39, 0.29) is 17.0 Å². The largest absolute Gasteiger partial charge is 0.495 e. The molecule has 5 rings (SSSR count). The molecule has 0 bridgehead atoms. The average Bonchev–Trinajstić information content (AvgIpc) is 3.43. The van der Waals surface area contributed by atoms with E-state index in [1.165, 1.54) is 37.9 Å². The smallest absolute Gasteiger partial charge is 0.261 e. The molecule has 0 aliphatic carbocycles. The van der Waals surface area contributed by atoms with Crippen molar-refractivity contribution >= 4 is 22.6 Å². The van der Waals surface area contributed by atoms with Crippen LogP contribution in [0.25, 0.3) is 22.4 Å². The van der Waals surface area contributed by atoms with Gasteiger partial charge in [0, 0.05) is 48.5 Å². The molecule has 0 unspecified atom stereocenters. The fourth-order valence-electron chi connectivity index (χ4n) is 4.17. The lowest BCUT2D eigenvalue weighted by Crippen LogP contribution is -2.28. The number of ether oxygens (including phenoxy) is 2. The molecule has 1 N–H and O–H groups in total. The normalized spacial score (nSPS) is 11.0. The van der Waals surface area contributed by atoms with Crippen molar-refractivity contribution in [2.45, 2.75) is 13.8 Å². The minimum Gasteiger partial charge on any atom is -0.495 e. The average molecular weight is 515 g/mol. The van der Waals surface area contributed by atoms with Gasteiger partial charge in [-0.25, -0.2) is 9.37 Å². The third-order valence-electron chi connectivity index (χ3n) is 6.34. The number of rotatable bonds is 6. The van der Waals surface area contributed by atoms with Gasteiger partial charge >= 0.3 is 0 Å². The number of nitrogens with one attached hydrogen (secondary N) is 1. The highest BCUT2D eigenvalue weighted by Crippen LogP contribution is 2.31. The molecule has 1 aromatic carbocycles. The summed E-state index contributed by atoms with van der Waals surface area (Å²) in [4.78, 5) is 35.0. The topological polar surface area (TPSA) is 108 Å². The summed E-state index contributed by atoms with van der Waals surface area (Å²) < 4.78 is 33.1. The van der Waals surface area contributed by atoms with E-state index < -0.39 is 17.2 Å². The maximum Gasteiger partial charge on any atom is 0.261 e. The lowest BCUT2D eigenvalue weighted by Gasteiger charge is -2.17. The first-order valence-electron chi connectivity index (χ1n) is 11.6. The molecule has 4 heterocycles. The number of amides is 1. The Morgan fingerprint density at radius 2 is 1.89 bits per heavy atom. The Balaban J connectivity index is 1.43. The standard InChI is InChI=1S/C28H23FN4O5/c1-15-24(22-6-5-11-37-22)27(34)25(16(2)33(15)3)28(35)32-17-7-8-21(19(29)12-17)38-23-9-10-30-20-13-18(36-4)14-31-26(20)23/h5-14H,1-4H3,(H,32,35). The van der Waals surface area contributed by atoms with Gasteiger partial charge in [0.25, 0.3) is 5.91 Å². The van der Waals surface area contributed by atoms with Crippen LogP contribution in [0, 0.1) is 19.7 Å². The van der Waals surface area contributed by atoms with Crippen LogP contribution in [0.15, 0.2) is 70.3 Å². The van der Waals surface area contributed by atoms with Gasteiger partial charge in [0.1, 0.15) is 22.6 Å². The van der Waals surface area contributed by atoms with Crippen molar-refractivity contribution in [1.29, 1.82) is 0 Å². The van der Waals surface area contributed by atoms with Crippen molar-refractivity contribution in [3.63, 3.8) is 0 Å². The molecule has 10 heteroatoms. The summed E-state index contributed by atoms with van der Waals surface area (Å²) in [5, 5.41) is 2.62. The molecule has 0 aliphatic heterocycles. The first kappa shape index (κ1) is 24.7. The lowest BCUT2D eigenvalue weighted by molar-refractivity contribution is 0.102. The van der Waals surface area contributed by atoms with E-state index in [4.69, 9.17) is 13.9 Å². The Labute approximate surface area is 216 Å². The summed E-state index contributed by atoms with van der Waals surface area (Å²) >= 11 is 0. The van der Waals surface area contributed by atoms with Gasteiger partial charge in [-0.3, -0.25) is 14.6 Å². The van der Waals surface area contributed by atoms with Crippen LogP contribution in [0.1, 0.15) is 21.7 Å². The second-order valence-electron chi connectivity index (χ2n) is 8.54. The number of hydrogen-bond donors (Lipinski definition) is 1. The summed E-state index contributed by atoms with van der Waals surface area (Å²) in [6.07, 6.45) is 4.50. The molecule has 9 nitrogen and oxygen atoms in total. The minimum absolute atomic E-state index is 0.0602. The van der Waals surface area contributed by atoms with E-state index in [0.717, 1.165) is 6.07 Å². The fraction of sp³-hybridized carbons (Fsp3) is 0.143. The van der Waals surface area contributed by atoms with Gasteiger partial charge in [-0.05, 0) is 38.1 Å². The van der Waals surface area contributed by atoms with Crippen LogP contribution >= 0.6 is 0 Å². The predicted molar refractivity (Wildman–Crippen MR) is 139 cm³/mol. The highest BCUT2D eigenvalue weighted by molar-refractivity contribution is 6.05. The number of carbonyl (C=O) groups is 1. The molecule has 0 aliphatic rings. The zero-order chi connectivity index (χ0) is 27.0. The van der Waals surface area contributed by atoms with Gasteiger partial charge in [-0.2, -0.15) is 0 Å². The molecular formula is C28H23FN4O5. The van der Waals surface area contributed by atoms with Crippen molar-refractivity contribution < 1.29 is 23.1 Å². The Bertz CT molecular complexity index is 1750. The number of carbonyl (C=O) groups excluding carboxylic acids is 1. The summed E-state index contributed by atoms with van der Waals surface area (Å²) in [5.74, 6) is -0.258. The summed E-state index contributed by atoms with van der Waals surface area (Å²) in [6, 6.07) is 10.6. The van der Waals surface area contributed by atoms with Crippen molar-refractivity contribution in [3.05, 3.63) is 94.1 Å². The zero-order valence-electron chi connectivity index (χ0n) is 21.0. The SMILES string of the molecule is COc1cnc2c(Oc3ccc(NC(=O)c4c(C)n(C)c(C)c(-c5ccco5)c4=O)cc3F)ccnc2c1. The number of pyridine rings is 3. The van der Waals surface area contributed by atoms with Gasteiger partial charge in [0.05, 0.1) is 30.6 Å². The highest BCUT2D eigenvalue weighted by Gasteiger charge is 2.23. The van der Waals surface area contributed by atoms with Gasteiger partial charge < -0.3 is 23.8 Å². The van der Waals surface area contributed by atoms with E-state index in [0.29, 0.717) is 45.2 Å². The Morgan fingerprint density at radius 1 is 1.08 bits per heavy atom. The Kier molecular flexibility index (Phi) is 6.38. The Hall–Kier alpha value is -4.99. The van der Waals surface area contributed by atoms with Crippen LogP contribution in [-0.2, 0) is 7.05 Å². The van der Waals surface area contributed by atoms with Gasteiger partial charge in [0.15, 0.2) is 17.3 Å². The summed E-state index contributed by atoms with van der Waals surface area (Å²) in [7, 11) is 3.28. The number of hydrogen-bond acceptors (Lipinski definition) is 7. The molecule has 5 aromatic rings. The first-order valence-corrected chi connectivity index (χ1v) is 11.6. The number of methoxy groups -OCH3 is 1. The molecular weight excluding hydrogens is 491 g/mol. The molecule has 38 heavy (non-hydrogen) atoms. The van der Waals surface area contributed by atoms with Gasteiger partial charge in [-0.15, -0.1) is 0 Å². The number of anilines is 1. The molecule has 4 aromatic heterocycles. The molecule has 1 amide bonds. The maximum atomic E-state index is 15.0. The Morgan fingerprint density at radius 3 is 2.61 bits per heavy atom. The highest BCUT2D eigenvalue weighted by atomic mass is 19.1. The van der Waals surface area contributed by atoms with Gasteiger partial charge in [0.2, 0.25) is 5.43 Å². The third-order valence-corrected chi connectivity index (χ3v) is 6.34. The van der Waals surface area contributed by atoms with Gasteiger partial charge in [-0.1, -0.05) is 0 Å². The quantitative estimate of drug-likeness (QED) is 0.323. The van der Waals surface area contributed by atoms with Crippen molar-refractivity contribution in [2.24, 2.45) is 7.05 Å². The predicted octanol–water partition coefficient (Wildman–Crippen LogP) is 5.40. The van der Waals surface area contributed by atoms with Crippen molar-refractivity contribution in [3.8, 4) is 28.6 Å². The van der Waals surface area contributed by atoms with E-state index in [2.05, 4.69) is 15.3 Å². The molecule has 192 valence electrons. The number of nitrogens with zero attached hydrogens (tertiary/aromatic N) is 3. The van der Waals surface area contributed by atoms with Crippen LogP contribution in [0.2, 0.25) is 0 Å². The molecule has 0 spiro atoms. The summed E-state index contributed by atoms with van der Waals surface area (Å²) in [6.45, 7) is 3.45. The monoisotopic (exact) mass is 514 g/mol. The zero-order valence-corrected chi connectivity index (χ0v) is 21.0.